The highest BCUT2D eigenvalue weighted by atomic mass is 79.9. The van der Waals surface area contributed by atoms with Crippen LogP contribution in [-0.2, 0) is 6.54 Å². The SMILES string of the molecule is CN(Cc1ncon1)C(=O)c1cc(Cl)cc(F)c1Br. The Balaban J connectivity index is 2.24. The van der Waals surface area contributed by atoms with E-state index < -0.39 is 11.7 Å². The molecule has 0 fully saturated rings. The number of hydrogen-bond acceptors (Lipinski definition) is 4. The molecular formula is C11H8BrClFN3O2. The molecule has 0 aliphatic carbocycles. The van der Waals surface area contributed by atoms with Gasteiger partial charge in [-0.15, -0.1) is 0 Å². The van der Waals surface area contributed by atoms with Crippen molar-refractivity contribution >= 4 is 33.4 Å². The van der Waals surface area contributed by atoms with Crippen molar-refractivity contribution in [2.45, 2.75) is 6.54 Å². The summed E-state index contributed by atoms with van der Waals surface area (Å²) < 4.78 is 18.1. The first-order chi connectivity index (χ1) is 8.99. The third-order valence-electron chi connectivity index (χ3n) is 2.36. The minimum absolute atomic E-state index is 0.0712. The van der Waals surface area contributed by atoms with Crippen LogP contribution < -0.4 is 0 Å². The number of carbonyl (C=O) groups is 1. The largest absolute Gasteiger partial charge is 0.343 e. The van der Waals surface area contributed by atoms with E-state index in [-0.39, 0.29) is 21.6 Å². The van der Waals surface area contributed by atoms with Crippen LogP contribution in [0.15, 0.2) is 27.5 Å². The summed E-state index contributed by atoms with van der Waals surface area (Å²) in [7, 11) is 1.55. The molecule has 2 aromatic rings. The molecule has 0 radical (unpaired) electrons. The van der Waals surface area contributed by atoms with Crippen LogP contribution in [0.4, 0.5) is 4.39 Å². The molecule has 2 rings (SSSR count). The van der Waals surface area contributed by atoms with Crippen molar-refractivity contribution in [2.75, 3.05) is 7.05 Å². The van der Waals surface area contributed by atoms with Crippen molar-refractivity contribution in [1.29, 1.82) is 0 Å². The highest BCUT2D eigenvalue weighted by Gasteiger charge is 2.19. The number of halogens is 3. The first-order valence-corrected chi connectivity index (χ1v) is 6.31. The molecule has 1 amide bonds. The van der Waals surface area contributed by atoms with Crippen molar-refractivity contribution in [1.82, 2.24) is 15.0 Å². The zero-order valence-electron chi connectivity index (χ0n) is 9.73. The van der Waals surface area contributed by atoms with E-state index in [4.69, 9.17) is 11.6 Å². The summed E-state index contributed by atoms with van der Waals surface area (Å²) >= 11 is 8.77. The van der Waals surface area contributed by atoms with Crippen LogP contribution in [0, 0.1) is 5.82 Å². The molecule has 0 spiro atoms. The normalized spacial score (nSPS) is 10.5. The molecule has 1 heterocycles. The molecule has 0 saturated heterocycles. The molecule has 19 heavy (non-hydrogen) atoms. The maximum absolute atomic E-state index is 13.5. The lowest BCUT2D eigenvalue weighted by Crippen LogP contribution is -2.27. The Morgan fingerprint density at radius 3 is 2.95 bits per heavy atom. The summed E-state index contributed by atoms with van der Waals surface area (Å²) in [6, 6.07) is 2.52. The lowest BCUT2D eigenvalue weighted by Gasteiger charge is -2.16. The van der Waals surface area contributed by atoms with Gasteiger partial charge in [0.05, 0.1) is 16.6 Å². The number of nitrogens with zero attached hydrogens (tertiary/aromatic N) is 3. The zero-order chi connectivity index (χ0) is 14.0. The Morgan fingerprint density at radius 2 is 2.32 bits per heavy atom. The molecule has 0 N–H and O–H groups in total. The van der Waals surface area contributed by atoms with Gasteiger partial charge in [0.2, 0.25) is 6.39 Å². The quantitative estimate of drug-likeness (QED) is 0.800. The summed E-state index contributed by atoms with van der Waals surface area (Å²) in [5.41, 5.74) is 0.135. The van der Waals surface area contributed by atoms with E-state index in [1.807, 2.05) is 0 Å². The van der Waals surface area contributed by atoms with Gasteiger partial charge in [-0.1, -0.05) is 16.8 Å². The van der Waals surface area contributed by atoms with Gasteiger partial charge < -0.3 is 9.42 Å². The Hall–Kier alpha value is -1.47. The van der Waals surface area contributed by atoms with Crippen molar-refractivity contribution in [2.24, 2.45) is 0 Å². The van der Waals surface area contributed by atoms with E-state index >= 15 is 0 Å². The van der Waals surface area contributed by atoms with Gasteiger partial charge in [-0.05, 0) is 28.1 Å². The van der Waals surface area contributed by atoms with Gasteiger partial charge >= 0.3 is 0 Å². The average Bonchev–Trinajstić information content (AvgIpc) is 2.85. The molecular weight excluding hydrogens is 340 g/mol. The predicted octanol–water partition coefficient (Wildman–Crippen LogP) is 2.90. The number of amides is 1. The Labute approximate surface area is 121 Å². The van der Waals surface area contributed by atoms with E-state index in [1.54, 1.807) is 7.05 Å². The Morgan fingerprint density at radius 1 is 1.58 bits per heavy atom. The molecule has 0 saturated carbocycles. The maximum atomic E-state index is 13.5. The van der Waals surface area contributed by atoms with Crippen molar-refractivity contribution < 1.29 is 13.7 Å². The van der Waals surface area contributed by atoms with Crippen LogP contribution in [-0.4, -0.2) is 28.0 Å². The zero-order valence-corrected chi connectivity index (χ0v) is 12.1. The second-order valence-corrected chi connectivity index (χ2v) is 4.99. The molecule has 0 aliphatic rings. The minimum Gasteiger partial charge on any atom is -0.343 e. The van der Waals surface area contributed by atoms with Crippen LogP contribution in [0.2, 0.25) is 5.02 Å². The standard InChI is InChI=1S/C11H8BrClFN3O2/c1-17(4-9-15-5-19-16-9)11(18)7-2-6(13)3-8(14)10(7)12/h2-3,5H,4H2,1H3. The van der Waals surface area contributed by atoms with E-state index in [9.17, 15) is 9.18 Å². The molecule has 0 aliphatic heterocycles. The molecule has 1 aromatic carbocycles. The van der Waals surface area contributed by atoms with Crippen molar-refractivity contribution in [3.8, 4) is 0 Å². The van der Waals surface area contributed by atoms with Crippen LogP contribution in [0.3, 0.4) is 0 Å². The van der Waals surface area contributed by atoms with Gasteiger partial charge in [-0.25, -0.2) is 4.39 Å². The van der Waals surface area contributed by atoms with Gasteiger partial charge in [-0.2, -0.15) is 4.98 Å². The van der Waals surface area contributed by atoms with Crippen LogP contribution in [0.25, 0.3) is 0 Å². The minimum atomic E-state index is -0.594. The number of hydrogen-bond donors (Lipinski definition) is 0. The number of carbonyl (C=O) groups excluding carboxylic acids is 1. The molecule has 100 valence electrons. The predicted molar refractivity (Wildman–Crippen MR) is 69.2 cm³/mol. The molecule has 5 nitrogen and oxygen atoms in total. The van der Waals surface area contributed by atoms with Gasteiger partial charge in [0.25, 0.3) is 5.91 Å². The lowest BCUT2D eigenvalue weighted by atomic mass is 10.2. The topological polar surface area (TPSA) is 59.2 Å². The molecule has 0 unspecified atom stereocenters. The number of benzene rings is 1. The molecule has 8 heteroatoms. The average molecular weight is 349 g/mol. The first kappa shape index (κ1) is 14.0. The lowest BCUT2D eigenvalue weighted by molar-refractivity contribution is 0.0779. The summed E-state index contributed by atoms with van der Waals surface area (Å²) in [5, 5.41) is 3.75. The fourth-order valence-corrected chi connectivity index (χ4v) is 2.07. The second-order valence-electron chi connectivity index (χ2n) is 3.76. The summed E-state index contributed by atoms with van der Waals surface area (Å²) in [6.45, 7) is 0.149. The highest BCUT2D eigenvalue weighted by molar-refractivity contribution is 9.10. The van der Waals surface area contributed by atoms with Gasteiger partial charge in [0.15, 0.2) is 5.82 Å². The number of aromatic nitrogens is 2. The van der Waals surface area contributed by atoms with Gasteiger partial charge in [-0.3, -0.25) is 4.79 Å². The summed E-state index contributed by atoms with van der Waals surface area (Å²) in [5.74, 6) is -0.642. The maximum Gasteiger partial charge on any atom is 0.255 e. The van der Waals surface area contributed by atoms with E-state index in [2.05, 4.69) is 30.6 Å². The molecule has 1 aromatic heterocycles. The highest BCUT2D eigenvalue weighted by Crippen LogP contribution is 2.26. The smallest absolute Gasteiger partial charge is 0.255 e. The van der Waals surface area contributed by atoms with Crippen LogP contribution in [0.1, 0.15) is 16.2 Å². The fourth-order valence-electron chi connectivity index (χ4n) is 1.46. The summed E-state index contributed by atoms with van der Waals surface area (Å²) in [4.78, 5) is 17.3. The van der Waals surface area contributed by atoms with Gasteiger partial charge in [0, 0.05) is 12.1 Å². The van der Waals surface area contributed by atoms with Crippen LogP contribution >= 0.6 is 27.5 Å². The van der Waals surface area contributed by atoms with E-state index in [0.717, 1.165) is 6.07 Å². The third kappa shape index (κ3) is 3.10. The Bertz CT molecular complexity index is 606. The fraction of sp³-hybridized carbons (Fsp3) is 0.182. The van der Waals surface area contributed by atoms with E-state index in [1.165, 1.54) is 17.4 Å². The molecule has 0 bridgehead atoms. The van der Waals surface area contributed by atoms with Crippen molar-refractivity contribution in [3.05, 3.63) is 45.2 Å². The third-order valence-corrected chi connectivity index (χ3v) is 3.38. The monoisotopic (exact) mass is 347 g/mol. The first-order valence-electron chi connectivity index (χ1n) is 5.14. The second kappa shape index (κ2) is 5.66. The van der Waals surface area contributed by atoms with E-state index in [0.29, 0.717) is 5.82 Å². The van der Waals surface area contributed by atoms with Gasteiger partial charge in [0.1, 0.15) is 5.82 Å². The number of rotatable bonds is 3. The summed E-state index contributed by atoms with van der Waals surface area (Å²) in [6.07, 6.45) is 1.17. The van der Waals surface area contributed by atoms with Crippen molar-refractivity contribution in [3.63, 3.8) is 0 Å². The van der Waals surface area contributed by atoms with Crippen LogP contribution in [0.5, 0.6) is 0 Å². The molecule has 0 atom stereocenters. The Kier molecular flexibility index (Phi) is 4.16.